The number of aliphatic hydroxyl groups excluding tert-OH is 1. The smallest absolute Gasteiger partial charge is 0.272 e. The van der Waals surface area contributed by atoms with E-state index in [-0.39, 0.29) is 6.61 Å². The van der Waals surface area contributed by atoms with Gasteiger partial charge in [-0.05, 0) is 0 Å². The van der Waals surface area contributed by atoms with Crippen LogP contribution in [0.2, 0.25) is 0 Å². The van der Waals surface area contributed by atoms with Crippen LogP contribution in [-0.4, -0.2) is 57.0 Å². The predicted octanol–water partition coefficient (Wildman–Crippen LogP) is -0.936. The van der Waals surface area contributed by atoms with E-state index in [2.05, 4.69) is 0 Å². The summed E-state index contributed by atoms with van der Waals surface area (Å²) < 4.78 is 25.8. The molecular weight excluding hydrogens is 192 g/mol. The minimum Gasteiger partial charge on any atom is -0.388 e. The Kier molecular flexibility index (Phi) is 3.01. The highest BCUT2D eigenvalue weighted by atomic mass is 16.9. The summed E-state index contributed by atoms with van der Waals surface area (Å²) in [6.07, 6.45) is -2.09. The van der Waals surface area contributed by atoms with Gasteiger partial charge in [0.2, 0.25) is 0 Å². The topological polar surface area (TPSA) is 66.4 Å². The maximum Gasteiger partial charge on any atom is 0.272 e. The summed E-state index contributed by atoms with van der Waals surface area (Å²) in [6, 6.07) is 0. The molecule has 2 saturated heterocycles. The molecule has 0 amide bonds. The van der Waals surface area contributed by atoms with Gasteiger partial charge >= 0.3 is 0 Å². The van der Waals surface area contributed by atoms with Crippen molar-refractivity contribution in [3.8, 4) is 0 Å². The molecule has 2 rings (SSSR count). The normalized spacial score (nSPS) is 47.8. The van der Waals surface area contributed by atoms with Crippen molar-refractivity contribution < 1.29 is 28.8 Å². The lowest BCUT2D eigenvalue weighted by atomic mass is 10.1. The summed E-state index contributed by atoms with van der Waals surface area (Å²) >= 11 is 0. The van der Waals surface area contributed by atoms with E-state index in [4.69, 9.17) is 23.7 Å². The molecule has 0 saturated carbocycles. The Bertz CT molecular complexity index is 198. The molecule has 0 aliphatic carbocycles. The first-order chi connectivity index (χ1) is 6.76. The van der Waals surface area contributed by atoms with E-state index in [1.54, 1.807) is 0 Å². The van der Waals surface area contributed by atoms with Crippen LogP contribution >= 0.6 is 0 Å². The van der Waals surface area contributed by atoms with Crippen molar-refractivity contribution in [1.82, 2.24) is 0 Å². The second kappa shape index (κ2) is 4.09. The van der Waals surface area contributed by atoms with Crippen LogP contribution in [0.4, 0.5) is 0 Å². The Morgan fingerprint density at radius 1 is 1.14 bits per heavy atom. The second-order valence-corrected chi connectivity index (χ2v) is 3.23. The minimum atomic E-state index is -0.751. The average Bonchev–Trinajstić information content (AvgIpc) is 2.63. The molecule has 0 radical (unpaired) electrons. The quantitative estimate of drug-likeness (QED) is 0.629. The number of hydrogen-bond donors (Lipinski definition) is 1. The molecule has 0 spiro atoms. The van der Waals surface area contributed by atoms with Gasteiger partial charge < -0.3 is 28.8 Å². The lowest BCUT2D eigenvalue weighted by molar-refractivity contribution is -0.251. The fourth-order valence-corrected chi connectivity index (χ4v) is 1.67. The Labute approximate surface area is 81.6 Å². The van der Waals surface area contributed by atoms with Crippen LogP contribution in [0.5, 0.6) is 0 Å². The second-order valence-electron chi connectivity index (χ2n) is 3.23. The minimum absolute atomic E-state index is 0.180. The molecule has 2 aliphatic rings. The molecule has 2 fully saturated rings. The van der Waals surface area contributed by atoms with Gasteiger partial charge in [0, 0.05) is 14.2 Å². The van der Waals surface area contributed by atoms with E-state index in [9.17, 15) is 5.11 Å². The van der Waals surface area contributed by atoms with Gasteiger partial charge in [0.1, 0.15) is 18.3 Å². The SMILES string of the molecule is COC1OC2C(O)COC(OC)C2O1. The third-order valence-corrected chi connectivity index (χ3v) is 2.36. The first kappa shape index (κ1) is 10.3. The number of ether oxygens (including phenoxy) is 5. The number of aliphatic hydroxyl groups is 1. The molecule has 5 unspecified atom stereocenters. The van der Waals surface area contributed by atoms with E-state index < -0.39 is 31.1 Å². The summed E-state index contributed by atoms with van der Waals surface area (Å²) in [5.41, 5.74) is 0. The zero-order valence-electron chi connectivity index (χ0n) is 8.08. The molecule has 6 nitrogen and oxygen atoms in total. The molecule has 14 heavy (non-hydrogen) atoms. The van der Waals surface area contributed by atoms with Gasteiger partial charge in [0.25, 0.3) is 6.48 Å². The van der Waals surface area contributed by atoms with Gasteiger partial charge in [-0.2, -0.15) is 0 Å². The summed E-state index contributed by atoms with van der Waals surface area (Å²) in [4.78, 5) is 0. The monoisotopic (exact) mass is 206 g/mol. The largest absolute Gasteiger partial charge is 0.388 e. The van der Waals surface area contributed by atoms with Crippen LogP contribution in [0.1, 0.15) is 0 Å². The number of rotatable bonds is 2. The van der Waals surface area contributed by atoms with E-state index in [0.717, 1.165) is 0 Å². The van der Waals surface area contributed by atoms with Crippen molar-refractivity contribution >= 4 is 0 Å². The zero-order valence-corrected chi connectivity index (χ0v) is 8.08. The predicted molar refractivity (Wildman–Crippen MR) is 43.3 cm³/mol. The van der Waals surface area contributed by atoms with Crippen LogP contribution in [0.25, 0.3) is 0 Å². The van der Waals surface area contributed by atoms with E-state index in [0.29, 0.717) is 0 Å². The molecule has 5 atom stereocenters. The molecule has 0 aromatic carbocycles. The first-order valence-electron chi connectivity index (χ1n) is 4.42. The Balaban J connectivity index is 2.05. The average molecular weight is 206 g/mol. The van der Waals surface area contributed by atoms with Crippen LogP contribution in [0, 0.1) is 0 Å². The van der Waals surface area contributed by atoms with Gasteiger partial charge in [0.05, 0.1) is 6.61 Å². The third-order valence-electron chi connectivity index (χ3n) is 2.36. The number of hydrogen-bond acceptors (Lipinski definition) is 6. The summed E-state index contributed by atoms with van der Waals surface area (Å²) in [5, 5.41) is 9.56. The fraction of sp³-hybridized carbons (Fsp3) is 1.00. The van der Waals surface area contributed by atoms with Crippen molar-refractivity contribution in [2.45, 2.75) is 31.1 Å². The van der Waals surface area contributed by atoms with Crippen molar-refractivity contribution in [2.24, 2.45) is 0 Å². The molecule has 2 heterocycles. The highest BCUT2D eigenvalue weighted by molar-refractivity contribution is 4.88. The number of fused-ring (bicyclic) bond motifs is 1. The summed E-state index contributed by atoms with van der Waals surface area (Å²) in [7, 11) is 2.99. The standard InChI is InChI=1S/C8H14O6/c1-10-7-6-5(4(9)3-12-7)13-8(11-2)14-6/h4-9H,3H2,1-2H3. The number of methoxy groups -OCH3 is 2. The van der Waals surface area contributed by atoms with Crippen LogP contribution in [0.3, 0.4) is 0 Å². The first-order valence-corrected chi connectivity index (χ1v) is 4.42. The molecule has 0 aromatic rings. The third kappa shape index (κ3) is 1.65. The molecule has 0 bridgehead atoms. The van der Waals surface area contributed by atoms with Gasteiger partial charge in [0.15, 0.2) is 6.29 Å². The Hall–Kier alpha value is -0.240. The highest BCUT2D eigenvalue weighted by Gasteiger charge is 2.49. The molecule has 6 heteroatoms. The fourth-order valence-electron chi connectivity index (χ4n) is 1.67. The van der Waals surface area contributed by atoms with E-state index in [1.165, 1.54) is 14.2 Å². The van der Waals surface area contributed by atoms with Gasteiger partial charge in [-0.15, -0.1) is 0 Å². The van der Waals surface area contributed by atoms with Gasteiger partial charge in [-0.3, -0.25) is 0 Å². The zero-order chi connectivity index (χ0) is 10.1. The van der Waals surface area contributed by atoms with Gasteiger partial charge in [-0.1, -0.05) is 0 Å². The van der Waals surface area contributed by atoms with Gasteiger partial charge in [-0.25, -0.2) is 0 Å². The molecule has 82 valence electrons. The lowest BCUT2D eigenvalue weighted by Crippen LogP contribution is -2.51. The maximum atomic E-state index is 9.56. The van der Waals surface area contributed by atoms with Crippen LogP contribution in [-0.2, 0) is 23.7 Å². The van der Waals surface area contributed by atoms with Crippen molar-refractivity contribution in [2.75, 3.05) is 20.8 Å². The van der Waals surface area contributed by atoms with Crippen molar-refractivity contribution in [1.29, 1.82) is 0 Å². The van der Waals surface area contributed by atoms with E-state index in [1.807, 2.05) is 0 Å². The Morgan fingerprint density at radius 2 is 1.86 bits per heavy atom. The van der Waals surface area contributed by atoms with Crippen LogP contribution in [0.15, 0.2) is 0 Å². The molecule has 2 aliphatic heterocycles. The Morgan fingerprint density at radius 3 is 2.50 bits per heavy atom. The summed E-state index contributed by atoms with van der Waals surface area (Å²) in [5.74, 6) is 0. The highest BCUT2D eigenvalue weighted by Crippen LogP contribution is 2.30. The molecule has 0 aromatic heterocycles. The molecule has 1 N–H and O–H groups in total. The van der Waals surface area contributed by atoms with Crippen molar-refractivity contribution in [3.63, 3.8) is 0 Å². The van der Waals surface area contributed by atoms with E-state index >= 15 is 0 Å². The maximum absolute atomic E-state index is 9.56. The van der Waals surface area contributed by atoms with Crippen molar-refractivity contribution in [3.05, 3.63) is 0 Å². The summed E-state index contributed by atoms with van der Waals surface area (Å²) in [6.45, 7) is -0.571. The van der Waals surface area contributed by atoms with Crippen LogP contribution < -0.4 is 0 Å². The molecular formula is C8H14O6. The lowest BCUT2D eigenvalue weighted by Gasteiger charge is -2.33.